The topological polar surface area (TPSA) is 67.7 Å². The van der Waals surface area contributed by atoms with Gasteiger partial charge in [-0.2, -0.15) is 0 Å². The average Bonchev–Trinajstić information content (AvgIpc) is 3.43. The molecule has 3 heterocycles. The molecule has 2 aromatic heterocycles. The zero-order valence-corrected chi connectivity index (χ0v) is 18.5. The first-order valence-corrected chi connectivity index (χ1v) is 10.8. The van der Waals surface area contributed by atoms with Crippen molar-refractivity contribution in [3.05, 3.63) is 47.8 Å². The molecular formula is C21H28N6O2S. The van der Waals surface area contributed by atoms with Crippen molar-refractivity contribution in [2.75, 3.05) is 52.3 Å². The lowest BCUT2D eigenvalue weighted by Gasteiger charge is -2.31. The monoisotopic (exact) mass is 428 g/mol. The fourth-order valence-electron chi connectivity index (χ4n) is 3.50. The van der Waals surface area contributed by atoms with E-state index in [4.69, 9.17) is 9.47 Å². The summed E-state index contributed by atoms with van der Waals surface area (Å²) in [5.74, 6) is 1.48. The van der Waals surface area contributed by atoms with Crippen molar-refractivity contribution >= 4 is 16.5 Å². The Morgan fingerprint density at radius 1 is 0.967 bits per heavy atom. The van der Waals surface area contributed by atoms with Crippen molar-refractivity contribution in [2.45, 2.75) is 13.1 Å². The van der Waals surface area contributed by atoms with Crippen LogP contribution in [-0.4, -0.2) is 67.1 Å². The minimum absolute atomic E-state index is 0.727. The molecule has 0 aliphatic carbocycles. The maximum Gasteiger partial charge on any atom is 0.218 e. The highest BCUT2D eigenvalue weighted by atomic mass is 32.1. The van der Waals surface area contributed by atoms with Crippen LogP contribution in [0.4, 0.5) is 5.13 Å². The molecule has 8 nitrogen and oxygen atoms in total. The summed E-state index contributed by atoms with van der Waals surface area (Å²) in [6.07, 6.45) is 2.04. The van der Waals surface area contributed by atoms with E-state index in [1.54, 1.807) is 25.6 Å². The molecule has 0 saturated carbocycles. The van der Waals surface area contributed by atoms with Gasteiger partial charge in [-0.3, -0.25) is 4.57 Å². The van der Waals surface area contributed by atoms with Crippen LogP contribution in [0.2, 0.25) is 0 Å². The van der Waals surface area contributed by atoms with Crippen LogP contribution in [0.3, 0.4) is 0 Å². The van der Waals surface area contributed by atoms with Crippen LogP contribution in [0.5, 0.6) is 11.5 Å². The van der Waals surface area contributed by atoms with Gasteiger partial charge in [-0.15, -0.1) is 10.2 Å². The Kier molecular flexibility index (Phi) is 6.51. The van der Waals surface area contributed by atoms with Gasteiger partial charge in [-0.1, -0.05) is 17.4 Å². The molecule has 3 aromatic rings. The molecule has 1 N–H and O–H groups in total. The Morgan fingerprint density at radius 2 is 1.73 bits per heavy atom. The highest BCUT2D eigenvalue weighted by Gasteiger charge is 2.19. The first-order valence-electron chi connectivity index (χ1n) is 10.0. The van der Waals surface area contributed by atoms with Gasteiger partial charge >= 0.3 is 0 Å². The molecule has 4 rings (SSSR count). The van der Waals surface area contributed by atoms with Gasteiger partial charge in [0.15, 0.2) is 11.5 Å². The minimum atomic E-state index is 0.727. The van der Waals surface area contributed by atoms with Crippen molar-refractivity contribution in [1.29, 1.82) is 0 Å². The molecule has 0 bridgehead atoms. The molecule has 9 heteroatoms. The van der Waals surface area contributed by atoms with E-state index in [1.165, 1.54) is 0 Å². The van der Waals surface area contributed by atoms with Crippen LogP contribution < -0.4 is 19.7 Å². The molecule has 0 amide bonds. The van der Waals surface area contributed by atoms with Crippen molar-refractivity contribution in [2.24, 2.45) is 0 Å². The van der Waals surface area contributed by atoms with Crippen LogP contribution in [0, 0.1) is 0 Å². The number of nitrogens with one attached hydrogen (secondary N) is 1. The number of hydrogen-bond acceptors (Lipinski definition) is 8. The molecule has 0 atom stereocenters. The molecule has 1 aliphatic heterocycles. The van der Waals surface area contributed by atoms with Gasteiger partial charge in [0, 0.05) is 51.2 Å². The summed E-state index contributed by atoms with van der Waals surface area (Å²) in [7, 11) is 5.46. The van der Waals surface area contributed by atoms with E-state index in [-0.39, 0.29) is 0 Å². The quantitative estimate of drug-likeness (QED) is 0.591. The fourth-order valence-corrected chi connectivity index (χ4v) is 4.42. The number of anilines is 1. The summed E-state index contributed by atoms with van der Waals surface area (Å²) in [6, 6.07) is 10.1. The molecule has 30 heavy (non-hydrogen) atoms. The average molecular weight is 429 g/mol. The predicted octanol–water partition coefficient (Wildman–Crippen LogP) is 2.39. The second kappa shape index (κ2) is 9.46. The first-order chi connectivity index (χ1) is 14.7. The maximum absolute atomic E-state index is 5.39. The van der Waals surface area contributed by atoms with E-state index in [2.05, 4.69) is 43.0 Å². The van der Waals surface area contributed by atoms with Gasteiger partial charge in [0.1, 0.15) is 0 Å². The standard InChI is InChI=1S/C21H28N6O2S/c1-25-9-11-26(12-10-25)20-23-24-21(30-20)27-8-4-5-17(27)15-22-14-16-6-7-18(28-2)19(13-16)29-3/h4-8,13,22H,9-12,14-15H2,1-3H3. The van der Waals surface area contributed by atoms with Gasteiger partial charge in [-0.05, 0) is 36.9 Å². The molecular weight excluding hydrogens is 400 g/mol. The number of aromatic nitrogens is 3. The molecule has 1 fully saturated rings. The number of methoxy groups -OCH3 is 2. The number of ether oxygens (including phenoxy) is 2. The van der Waals surface area contributed by atoms with Gasteiger partial charge in [0.05, 0.1) is 14.2 Å². The van der Waals surface area contributed by atoms with Crippen LogP contribution in [-0.2, 0) is 13.1 Å². The predicted molar refractivity (Wildman–Crippen MR) is 119 cm³/mol. The van der Waals surface area contributed by atoms with Gasteiger partial charge in [0.2, 0.25) is 10.3 Å². The van der Waals surface area contributed by atoms with Crippen LogP contribution >= 0.6 is 11.3 Å². The van der Waals surface area contributed by atoms with E-state index < -0.39 is 0 Å². The zero-order valence-electron chi connectivity index (χ0n) is 17.7. The van der Waals surface area contributed by atoms with E-state index >= 15 is 0 Å². The summed E-state index contributed by atoms with van der Waals surface area (Å²) in [5.41, 5.74) is 2.29. The molecule has 160 valence electrons. The van der Waals surface area contributed by atoms with Crippen molar-refractivity contribution in [1.82, 2.24) is 25.0 Å². The van der Waals surface area contributed by atoms with Crippen molar-refractivity contribution in [3.8, 4) is 16.6 Å². The number of nitrogens with zero attached hydrogens (tertiary/aromatic N) is 5. The van der Waals surface area contributed by atoms with E-state index in [9.17, 15) is 0 Å². The summed E-state index contributed by atoms with van der Waals surface area (Å²) in [5, 5.41) is 14.3. The van der Waals surface area contributed by atoms with Gasteiger partial charge < -0.3 is 24.6 Å². The third-order valence-electron chi connectivity index (χ3n) is 5.30. The second-order valence-corrected chi connectivity index (χ2v) is 8.25. The first kappa shape index (κ1) is 20.6. The minimum Gasteiger partial charge on any atom is -0.493 e. The molecule has 1 saturated heterocycles. The Labute approximate surface area is 181 Å². The third-order valence-corrected chi connectivity index (χ3v) is 6.28. The number of benzene rings is 1. The molecule has 1 aromatic carbocycles. The maximum atomic E-state index is 5.39. The third kappa shape index (κ3) is 4.58. The Hall–Kier alpha value is -2.62. The lowest BCUT2D eigenvalue weighted by atomic mass is 10.2. The largest absolute Gasteiger partial charge is 0.493 e. The summed E-state index contributed by atoms with van der Waals surface area (Å²) < 4.78 is 12.8. The molecule has 0 unspecified atom stereocenters. The number of likely N-dealkylation sites (N-methyl/N-ethyl adjacent to an activating group) is 1. The van der Waals surface area contributed by atoms with Crippen LogP contribution in [0.25, 0.3) is 5.13 Å². The number of hydrogen-bond donors (Lipinski definition) is 1. The number of piperazine rings is 1. The molecule has 0 spiro atoms. The normalized spacial score (nSPS) is 14.8. The summed E-state index contributed by atoms with van der Waals surface area (Å²) in [6.45, 7) is 5.57. The second-order valence-electron chi connectivity index (χ2n) is 7.32. The lowest BCUT2D eigenvalue weighted by Crippen LogP contribution is -2.44. The Balaban J connectivity index is 1.38. The number of rotatable bonds is 8. The van der Waals surface area contributed by atoms with E-state index in [1.807, 2.05) is 30.5 Å². The van der Waals surface area contributed by atoms with E-state index in [0.717, 1.165) is 72.3 Å². The highest BCUT2D eigenvalue weighted by Crippen LogP contribution is 2.28. The molecule has 0 radical (unpaired) electrons. The smallest absolute Gasteiger partial charge is 0.218 e. The lowest BCUT2D eigenvalue weighted by molar-refractivity contribution is 0.312. The van der Waals surface area contributed by atoms with E-state index in [0.29, 0.717) is 0 Å². The fraction of sp³-hybridized carbons (Fsp3) is 0.429. The molecule has 1 aliphatic rings. The summed E-state index contributed by atoms with van der Waals surface area (Å²) in [4.78, 5) is 4.66. The van der Waals surface area contributed by atoms with Gasteiger partial charge in [0.25, 0.3) is 0 Å². The Morgan fingerprint density at radius 3 is 2.50 bits per heavy atom. The SMILES string of the molecule is COc1ccc(CNCc2cccn2-c2nnc(N3CCN(C)CC3)s2)cc1OC. The zero-order chi connectivity index (χ0) is 20.9. The summed E-state index contributed by atoms with van der Waals surface area (Å²) >= 11 is 1.64. The van der Waals surface area contributed by atoms with Gasteiger partial charge in [-0.25, -0.2) is 0 Å². The van der Waals surface area contributed by atoms with Crippen molar-refractivity contribution < 1.29 is 9.47 Å². The van der Waals surface area contributed by atoms with Crippen LogP contribution in [0.15, 0.2) is 36.5 Å². The van der Waals surface area contributed by atoms with Crippen molar-refractivity contribution in [3.63, 3.8) is 0 Å². The highest BCUT2D eigenvalue weighted by molar-refractivity contribution is 7.17. The van der Waals surface area contributed by atoms with Crippen LogP contribution in [0.1, 0.15) is 11.3 Å². The Bertz CT molecular complexity index is 964.